The van der Waals surface area contributed by atoms with Gasteiger partial charge in [-0.05, 0) is 51.0 Å². The zero-order valence-electron chi connectivity index (χ0n) is 16.4. The van der Waals surface area contributed by atoms with Gasteiger partial charge in [0.15, 0.2) is 0 Å². The van der Waals surface area contributed by atoms with E-state index >= 15 is 0 Å². The first-order valence-electron chi connectivity index (χ1n) is 8.81. The average Bonchev–Trinajstić information content (AvgIpc) is 3.17. The number of aryl methyl sites for hydroxylation is 2. The molecule has 2 aromatic carbocycles. The van der Waals surface area contributed by atoms with Crippen molar-refractivity contribution in [3.05, 3.63) is 71.4 Å². The van der Waals surface area contributed by atoms with Crippen molar-refractivity contribution in [1.82, 2.24) is 0 Å². The molecule has 0 radical (unpaired) electrons. The van der Waals surface area contributed by atoms with Gasteiger partial charge in [0.2, 0.25) is 0 Å². The van der Waals surface area contributed by atoms with Crippen LogP contribution in [0.15, 0.2) is 75.3 Å². The van der Waals surface area contributed by atoms with Crippen LogP contribution in [0.5, 0.6) is 0 Å². The molecule has 148 valence electrons. The molecule has 0 N–H and O–H groups in total. The van der Waals surface area contributed by atoms with Crippen molar-refractivity contribution in [2.24, 2.45) is 15.0 Å². The number of hydrogen-bond donors (Lipinski definition) is 0. The molecule has 3 rings (SSSR count). The van der Waals surface area contributed by atoms with Gasteiger partial charge in [0, 0.05) is 6.42 Å². The van der Waals surface area contributed by atoms with E-state index in [1.54, 1.807) is 0 Å². The predicted octanol–water partition coefficient (Wildman–Crippen LogP) is 7.69. The molecule has 2 aromatic rings. The second-order valence-corrected chi connectivity index (χ2v) is 15.7. The first-order valence-corrected chi connectivity index (χ1v) is 15.9. The van der Waals surface area contributed by atoms with Gasteiger partial charge in [-0.3, -0.25) is 9.98 Å². The number of rotatable bonds is 4. The number of hydrogen-bond acceptors (Lipinski definition) is 3. The summed E-state index contributed by atoms with van der Waals surface area (Å²) in [6.07, 6.45) is 2.93. The van der Waals surface area contributed by atoms with Crippen molar-refractivity contribution in [2.45, 2.75) is 34.1 Å². The van der Waals surface area contributed by atoms with E-state index in [1.807, 2.05) is 50.2 Å². The molecule has 1 aliphatic rings. The fraction of sp³-hybridized carbons (Fsp3) is 0.227. The van der Waals surface area contributed by atoms with Crippen molar-refractivity contribution in [1.29, 1.82) is 0 Å². The van der Waals surface area contributed by atoms with E-state index in [1.165, 1.54) is 19.6 Å². The van der Waals surface area contributed by atoms with Crippen LogP contribution < -0.4 is 0 Å². The molecule has 0 bridgehead atoms. The SMILES string of the molecule is CC(=Nc1ccccc1C)C1=CCC(C(C)=Nc2ccccc2C)=N1.[I][Fe][I]. The molecule has 1 heterocycles. The molecule has 0 atom stereocenters. The number of para-hydroxylation sites is 2. The number of aliphatic imine (C=N–C) groups is 3. The van der Waals surface area contributed by atoms with Crippen LogP contribution in [0.4, 0.5) is 11.4 Å². The van der Waals surface area contributed by atoms with Crippen LogP contribution >= 0.6 is 40.7 Å². The Morgan fingerprint density at radius 3 is 1.82 bits per heavy atom. The second-order valence-electron chi connectivity index (χ2n) is 6.37. The molecular formula is C22H23FeI2N3. The molecule has 0 aromatic heterocycles. The Bertz CT molecular complexity index is 946. The number of nitrogens with zero attached hydrogens (tertiary/aromatic N) is 3. The van der Waals surface area contributed by atoms with Crippen LogP contribution in [0.2, 0.25) is 0 Å². The molecule has 0 fully saturated rings. The normalized spacial score (nSPS) is 14.4. The van der Waals surface area contributed by atoms with Gasteiger partial charge in [-0.15, -0.1) is 0 Å². The summed E-state index contributed by atoms with van der Waals surface area (Å²) in [7, 11) is 1.19. The third-order valence-corrected chi connectivity index (χ3v) is 4.34. The van der Waals surface area contributed by atoms with Gasteiger partial charge >= 0.3 is 49.1 Å². The van der Waals surface area contributed by atoms with Crippen LogP contribution in [0, 0.1) is 13.8 Å². The first-order chi connectivity index (χ1) is 13.5. The van der Waals surface area contributed by atoms with Crippen molar-refractivity contribution in [3.63, 3.8) is 0 Å². The van der Waals surface area contributed by atoms with E-state index in [0.717, 1.165) is 40.6 Å². The quantitative estimate of drug-likeness (QED) is 0.187. The summed E-state index contributed by atoms with van der Waals surface area (Å²) in [5.41, 5.74) is 8.19. The van der Waals surface area contributed by atoms with Crippen molar-refractivity contribution >= 4 is 69.2 Å². The Hall–Kier alpha value is -0.831. The molecule has 0 saturated carbocycles. The Morgan fingerprint density at radius 2 is 1.32 bits per heavy atom. The number of benzene rings is 2. The summed E-state index contributed by atoms with van der Waals surface area (Å²) in [6, 6.07) is 16.3. The first kappa shape index (κ1) is 23.4. The standard InChI is InChI=1S/C22H23N3.Fe.2HI/c1-15-9-5-7-11-19(15)23-17(3)21-13-14-22(25-21)18(4)24-20-12-8-6-10-16(20)2;;;/h5-13H,14H2,1-4H3;;2*1H/q;+2;;/p-2. The predicted molar refractivity (Wildman–Crippen MR) is 136 cm³/mol. The maximum absolute atomic E-state index is 4.76. The van der Waals surface area contributed by atoms with Crippen LogP contribution in [-0.4, -0.2) is 17.1 Å². The van der Waals surface area contributed by atoms with E-state index in [9.17, 15) is 0 Å². The van der Waals surface area contributed by atoms with Crippen molar-refractivity contribution < 1.29 is 8.46 Å². The van der Waals surface area contributed by atoms with Crippen molar-refractivity contribution in [2.75, 3.05) is 0 Å². The molecule has 0 saturated heterocycles. The van der Waals surface area contributed by atoms with Crippen LogP contribution in [0.3, 0.4) is 0 Å². The Labute approximate surface area is 196 Å². The molecule has 0 aliphatic carbocycles. The van der Waals surface area contributed by atoms with Crippen molar-refractivity contribution in [3.8, 4) is 0 Å². The summed E-state index contributed by atoms with van der Waals surface area (Å²) in [5.74, 6) is 0. The summed E-state index contributed by atoms with van der Waals surface area (Å²) in [5, 5.41) is 0. The molecule has 28 heavy (non-hydrogen) atoms. The molecule has 0 unspecified atom stereocenters. The molecular weight excluding hydrogens is 616 g/mol. The fourth-order valence-corrected chi connectivity index (χ4v) is 2.75. The molecule has 3 nitrogen and oxygen atoms in total. The van der Waals surface area contributed by atoms with Gasteiger partial charge in [-0.2, -0.15) is 0 Å². The second kappa shape index (κ2) is 12.0. The molecule has 0 spiro atoms. The third kappa shape index (κ3) is 6.90. The van der Waals surface area contributed by atoms with Gasteiger partial charge in [0.1, 0.15) is 0 Å². The third-order valence-electron chi connectivity index (χ3n) is 4.34. The monoisotopic (exact) mass is 639 g/mol. The van der Waals surface area contributed by atoms with Crippen LogP contribution in [0.1, 0.15) is 31.4 Å². The van der Waals surface area contributed by atoms with Crippen LogP contribution in [0.25, 0.3) is 0 Å². The van der Waals surface area contributed by atoms with E-state index in [-0.39, 0.29) is 0 Å². The van der Waals surface area contributed by atoms with E-state index < -0.39 is 0 Å². The zero-order chi connectivity index (χ0) is 20.5. The zero-order valence-corrected chi connectivity index (χ0v) is 21.8. The minimum absolute atomic E-state index is 0.803. The molecule has 6 heteroatoms. The van der Waals surface area contributed by atoms with Gasteiger partial charge in [-0.1, -0.05) is 42.5 Å². The number of halogens is 2. The molecule has 1 aliphatic heterocycles. The molecule has 0 amide bonds. The summed E-state index contributed by atoms with van der Waals surface area (Å²) in [6.45, 7) is 8.18. The van der Waals surface area contributed by atoms with E-state index in [4.69, 9.17) is 15.0 Å². The van der Waals surface area contributed by atoms with Gasteiger partial charge in [0.05, 0.1) is 34.2 Å². The van der Waals surface area contributed by atoms with Gasteiger partial charge < -0.3 is 0 Å². The number of allylic oxidation sites excluding steroid dienone is 2. The van der Waals surface area contributed by atoms with Gasteiger partial charge in [-0.25, -0.2) is 4.99 Å². The minimum atomic E-state index is 0.803. The van der Waals surface area contributed by atoms with Gasteiger partial charge in [0.25, 0.3) is 0 Å². The summed E-state index contributed by atoms with van der Waals surface area (Å²) in [4.78, 5) is 14.2. The maximum atomic E-state index is 4.76. The fourth-order valence-electron chi connectivity index (χ4n) is 2.75. The Morgan fingerprint density at radius 1 is 0.857 bits per heavy atom. The van der Waals surface area contributed by atoms with E-state index in [0.29, 0.717) is 0 Å². The summed E-state index contributed by atoms with van der Waals surface area (Å²) >= 11 is 4.55. The summed E-state index contributed by atoms with van der Waals surface area (Å²) < 4.78 is 0. The van der Waals surface area contributed by atoms with E-state index in [2.05, 4.69) is 72.7 Å². The topological polar surface area (TPSA) is 37.1 Å². The Kier molecular flexibility index (Phi) is 10.0. The van der Waals surface area contributed by atoms with Crippen LogP contribution in [-0.2, 0) is 8.46 Å². The Balaban J connectivity index is 0.000000878. The average molecular weight is 639 g/mol.